The average molecular weight is 215 g/mol. The summed E-state index contributed by atoms with van der Waals surface area (Å²) in [6.45, 7) is 1.68. The van der Waals surface area contributed by atoms with Crippen molar-refractivity contribution in [3.05, 3.63) is 11.1 Å². The normalized spacial score (nSPS) is 12.1. The lowest BCUT2D eigenvalue weighted by Crippen LogP contribution is -2.39. The Morgan fingerprint density at radius 3 is 2.86 bits per heavy atom. The maximum absolute atomic E-state index is 11.3. The van der Waals surface area contributed by atoms with E-state index < -0.39 is 17.9 Å². The van der Waals surface area contributed by atoms with Gasteiger partial charge in [-0.2, -0.15) is 0 Å². The Bertz CT molecular complexity index is 325. The Kier molecular flexibility index (Phi) is 3.52. The van der Waals surface area contributed by atoms with Crippen molar-refractivity contribution in [1.29, 1.82) is 0 Å². The van der Waals surface area contributed by atoms with Gasteiger partial charge in [0.2, 0.25) is 0 Å². The van der Waals surface area contributed by atoms with Crippen LogP contribution in [0.2, 0.25) is 0 Å². The lowest BCUT2D eigenvalue weighted by molar-refractivity contribution is -0.139. The predicted octanol–water partition coefficient (Wildman–Crippen LogP) is 0.131. The van der Waals surface area contributed by atoms with E-state index in [2.05, 4.69) is 14.9 Å². The number of carbonyl (C=O) groups is 2. The molecule has 2 N–H and O–H groups in total. The highest BCUT2D eigenvalue weighted by Crippen LogP contribution is 2.02. The van der Waals surface area contributed by atoms with Gasteiger partial charge in [0.15, 0.2) is 0 Å². The molecule has 1 rings (SSSR count). The molecule has 7 heteroatoms. The van der Waals surface area contributed by atoms with E-state index in [1.54, 1.807) is 6.92 Å². The van der Waals surface area contributed by atoms with E-state index in [-0.39, 0.29) is 0 Å². The number of carboxylic acid groups (broad SMARTS) is 1. The lowest BCUT2D eigenvalue weighted by Gasteiger charge is -2.10. The van der Waals surface area contributed by atoms with Crippen molar-refractivity contribution < 1.29 is 14.7 Å². The minimum atomic E-state index is -1.04. The van der Waals surface area contributed by atoms with E-state index in [1.165, 1.54) is 6.20 Å². The maximum Gasteiger partial charge on any atom is 0.326 e. The first kappa shape index (κ1) is 10.6. The van der Waals surface area contributed by atoms with E-state index in [4.69, 9.17) is 5.11 Å². The summed E-state index contributed by atoms with van der Waals surface area (Å²) in [5, 5.41) is 14.5. The predicted molar refractivity (Wildman–Crippen MR) is 49.1 cm³/mol. The van der Waals surface area contributed by atoms with Crippen LogP contribution in [0.1, 0.15) is 23.0 Å². The van der Waals surface area contributed by atoms with E-state index in [9.17, 15) is 9.59 Å². The van der Waals surface area contributed by atoms with Crippen molar-refractivity contribution >= 4 is 23.4 Å². The van der Waals surface area contributed by atoms with Crippen molar-refractivity contribution in [2.45, 2.75) is 19.4 Å². The van der Waals surface area contributed by atoms with Gasteiger partial charge in [0.1, 0.15) is 10.9 Å². The Morgan fingerprint density at radius 1 is 1.71 bits per heavy atom. The zero-order valence-corrected chi connectivity index (χ0v) is 8.24. The van der Waals surface area contributed by atoms with Crippen LogP contribution in [-0.2, 0) is 4.79 Å². The summed E-state index contributed by atoms with van der Waals surface area (Å²) < 4.78 is 3.50. The quantitative estimate of drug-likeness (QED) is 0.744. The molecular formula is C7H9N3O3S. The summed E-state index contributed by atoms with van der Waals surface area (Å²) in [6, 6.07) is -0.857. The van der Waals surface area contributed by atoms with Crippen LogP contribution >= 0.6 is 11.5 Å². The molecule has 0 bridgehead atoms. The Hall–Kier alpha value is -1.50. The average Bonchev–Trinajstić information content (AvgIpc) is 2.65. The van der Waals surface area contributed by atoms with Crippen LogP contribution in [0.4, 0.5) is 0 Å². The van der Waals surface area contributed by atoms with Gasteiger partial charge in [-0.3, -0.25) is 4.79 Å². The molecule has 14 heavy (non-hydrogen) atoms. The molecule has 1 unspecified atom stereocenters. The number of carboxylic acids is 1. The highest BCUT2D eigenvalue weighted by atomic mass is 32.1. The summed E-state index contributed by atoms with van der Waals surface area (Å²) in [6.07, 6.45) is 1.64. The number of aromatic nitrogens is 2. The largest absolute Gasteiger partial charge is 0.480 e. The van der Waals surface area contributed by atoms with Crippen LogP contribution in [0.25, 0.3) is 0 Å². The number of aliphatic carboxylic acids is 1. The topological polar surface area (TPSA) is 92.2 Å². The molecule has 1 heterocycles. The van der Waals surface area contributed by atoms with Crippen molar-refractivity contribution in [2.75, 3.05) is 0 Å². The number of nitrogens with one attached hydrogen (secondary N) is 1. The minimum absolute atomic E-state index is 0.310. The third-order valence-corrected chi connectivity index (χ3v) is 2.26. The molecule has 0 saturated carbocycles. The first-order valence-electron chi connectivity index (χ1n) is 3.96. The molecule has 1 aromatic heterocycles. The summed E-state index contributed by atoms with van der Waals surface area (Å²) >= 11 is 0.929. The molecule has 1 atom stereocenters. The van der Waals surface area contributed by atoms with Crippen molar-refractivity contribution in [3.8, 4) is 0 Å². The second kappa shape index (κ2) is 4.66. The third kappa shape index (κ3) is 2.49. The molecule has 0 radical (unpaired) electrons. The zero-order chi connectivity index (χ0) is 10.6. The Labute approximate surface area is 84.1 Å². The lowest BCUT2D eigenvalue weighted by atomic mass is 10.2. The third-order valence-electron chi connectivity index (χ3n) is 1.60. The standard InChI is InChI=1S/C7H9N3O3S/c1-2-4(7(12)13)9-6(11)5-3-8-10-14-5/h3-4H,2H2,1H3,(H,9,11)(H,12,13). The second-order valence-corrected chi connectivity index (χ2v) is 3.34. The first-order valence-corrected chi connectivity index (χ1v) is 4.73. The molecule has 0 fully saturated rings. The number of hydrogen-bond donors (Lipinski definition) is 2. The molecule has 1 amide bonds. The molecule has 6 nitrogen and oxygen atoms in total. The second-order valence-electron chi connectivity index (χ2n) is 2.55. The first-order chi connectivity index (χ1) is 6.65. The molecule has 0 aliphatic heterocycles. The van der Waals surface area contributed by atoms with Gasteiger partial charge in [-0.15, -0.1) is 5.10 Å². The molecular weight excluding hydrogens is 206 g/mol. The minimum Gasteiger partial charge on any atom is -0.480 e. The fourth-order valence-electron chi connectivity index (χ4n) is 0.835. The molecule has 0 aliphatic carbocycles. The highest BCUT2D eigenvalue weighted by molar-refractivity contribution is 7.07. The summed E-state index contributed by atoms with van der Waals surface area (Å²) in [5.41, 5.74) is 0. The Balaban J connectivity index is 2.60. The fourth-order valence-corrected chi connectivity index (χ4v) is 1.25. The van der Waals surface area contributed by atoms with Gasteiger partial charge in [0.05, 0.1) is 6.20 Å². The summed E-state index contributed by atoms with van der Waals surface area (Å²) in [5.74, 6) is -1.49. The molecule has 0 saturated heterocycles. The molecule has 0 aliphatic rings. The van der Waals surface area contributed by atoms with Crippen molar-refractivity contribution in [1.82, 2.24) is 14.9 Å². The molecule has 76 valence electrons. The number of carbonyl (C=O) groups excluding carboxylic acids is 1. The van der Waals surface area contributed by atoms with Crippen LogP contribution in [0, 0.1) is 0 Å². The number of nitrogens with zero attached hydrogens (tertiary/aromatic N) is 2. The van der Waals surface area contributed by atoms with Gasteiger partial charge in [-0.1, -0.05) is 11.4 Å². The number of amides is 1. The van der Waals surface area contributed by atoms with Gasteiger partial charge < -0.3 is 10.4 Å². The van der Waals surface area contributed by atoms with Crippen LogP contribution in [0.15, 0.2) is 6.20 Å². The maximum atomic E-state index is 11.3. The van der Waals surface area contributed by atoms with Crippen LogP contribution < -0.4 is 5.32 Å². The van der Waals surface area contributed by atoms with Crippen LogP contribution in [0.5, 0.6) is 0 Å². The van der Waals surface area contributed by atoms with E-state index in [1.807, 2.05) is 0 Å². The van der Waals surface area contributed by atoms with E-state index in [0.717, 1.165) is 11.5 Å². The van der Waals surface area contributed by atoms with E-state index in [0.29, 0.717) is 11.3 Å². The fraction of sp³-hybridized carbons (Fsp3) is 0.429. The van der Waals surface area contributed by atoms with Gasteiger partial charge in [-0.05, 0) is 18.0 Å². The monoisotopic (exact) mass is 215 g/mol. The van der Waals surface area contributed by atoms with Gasteiger partial charge in [0, 0.05) is 0 Å². The number of rotatable bonds is 4. The number of hydrogen-bond acceptors (Lipinski definition) is 5. The SMILES string of the molecule is CCC(NC(=O)c1cnns1)C(=O)O. The molecule has 0 aromatic carbocycles. The van der Waals surface area contributed by atoms with Crippen molar-refractivity contribution in [3.63, 3.8) is 0 Å². The zero-order valence-electron chi connectivity index (χ0n) is 7.43. The highest BCUT2D eigenvalue weighted by Gasteiger charge is 2.19. The van der Waals surface area contributed by atoms with Crippen LogP contribution in [0.3, 0.4) is 0 Å². The van der Waals surface area contributed by atoms with Crippen LogP contribution in [-0.4, -0.2) is 32.6 Å². The molecule has 0 spiro atoms. The summed E-state index contributed by atoms with van der Waals surface area (Å²) in [7, 11) is 0. The molecule has 1 aromatic rings. The van der Waals surface area contributed by atoms with Gasteiger partial charge >= 0.3 is 5.97 Å². The Morgan fingerprint density at radius 2 is 2.43 bits per heavy atom. The van der Waals surface area contributed by atoms with Crippen molar-refractivity contribution in [2.24, 2.45) is 0 Å². The summed E-state index contributed by atoms with van der Waals surface area (Å²) in [4.78, 5) is 22.2. The smallest absolute Gasteiger partial charge is 0.326 e. The van der Waals surface area contributed by atoms with Gasteiger partial charge in [0.25, 0.3) is 5.91 Å². The van der Waals surface area contributed by atoms with E-state index >= 15 is 0 Å². The van der Waals surface area contributed by atoms with Gasteiger partial charge in [-0.25, -0.2) is 4.79 Å².